The van der Waals surface area contributed by atoms with Crippen molar-refractivity contribution in [3.05, 3.63) is 70.8 Å². The molecule has 0 aliphatic carbocycles. The Bertz CT molecular complexity index is 1140. The summed E-state index contributed by atoms with van der Waals surface area (Å²) in [4.78, 5) is 0. The van der Waals surface area contributed by atoms with Crippen LogP contribution in [0.2, 0.25) is 0 Å². The summed E-state index contributed by atoms with van der Waals surface area (Å²) >= 11 is 0. The van der Waals surface area contributed by atoms with Crippen LogP contribution in [-0.2, 0) is 39.6 Å². The Hall–Kier alpha value is -1.94. The second kappa shape index (κ2) is 14.3. The fourth-order valence-corrected chi connectivity index (χ4v) is 7.53. The van der Waals surface area contributed by atoms with E-state index < -0.39 is 51.0 Å². The van der Waals surface area contributed by atoms with E-state index in [2.05, 4.69) is 0 Å². The maximum atomic E-state index is 13.7. The van der Waals surface area contributed by atoms with Gasteiger partial charge in [0.1, 0.15) is 0 Å². The van der Waals surface area contributed by atoms with Crippen molar-refractivity contribution in [1.82, 2.24) is 0 Å². The van der Waals surface area contributed by atoms with E-state index in [0.29, 0.717) is 0 Å². The Balaban J connectivity index is 3.03. The average Bonchev–Trinajstić information content (AvgIpc) is 2.86. The van der Waals surface area contributed by atoms with Crippen molar-refractivity contribution in [2.75, 3.05) is 38.8 Å². The predicted molar refractivity (Wildman–Crippen MR) is 141 cm³/mol. The van der Waals surface area contributed by atoms with Crippen LogP contribution in [0.3, 0.4) is 0 Å². The van der Waals surface area contributed by atoms with Gasteiger partial charge in [0, 0.05) is 0 Å². The van der Waals surface area contributed by atoms with E-state index in [0.717, 1.165) is 36.4 Å². The third-order valence-corrected chi connectivity index (χ3v) is 9.46. The Kier molecular flexibility index (Phi) is 12.2. The van der Waals surface area contributed by atoms with Crippen LogP contribution in [0.25, 0.3) is 11.1 Å². The van der Waals surface area contributed by atoms with Crippen molar-refractivity contribution in [3.63, 3.8) is 0 Å². The normalized spacial score (nSPS) is 13.8. The monoisotopic (exact) mass is 616 g/mol. The lowest BCUT2D eigenvalue weighted by Gasteiger charge is -2.25. The van der Waals surface area contributed by atoms with Crippen LogP contribution >= 0.6 is 15.2 Å². The first-order chi connectivity index (χ1) is 18.6. The summed E-state index contributed by atoms with van der Waals surface area (Å²) < 4.78 is 131. The molecule has 0 saturated heterocycles. The molecule has 0 aliphatic rings. The number of allylic oxidation sites excluding steroid dienone is 2. The van der Waals surface area contributed by atoms with Crippen LogP contribution in [0.1, 0.15) is 49.9 Å². The molecule has 2 aromatic carbocycles. The van der Waals surface area contributed by atoms with Gasteiger partial charge in [-0.15, -0.1) is 0 Å². The van der Waals surface area contributed by atoms with Gasteiger partial charge in [0.2, 0.25) is 0 Å². The third kappa shape index (κ3) is 9.57. The van der Waals surface area contributed by atoms with Crippen molar-refractivity contribution >= 4 is 26.3 Å². The van der Waals surface area contributed by atoms with Gasteiger partial charge in [0.05, 0.1) is 49.9 Å². The number of benzene rings is 2. The Morgan fingerprint density at radius 1 is 0.600 bits per heavy atom. The van der Waals surface area contributed by atoms with Crippen molar-refractivity contribution in [1.29, 1.82) is 0 Å². The van der Waals surface area contributed by atoms with E-state index in [1.165, 1.54) is 39.8 Å². The summed E-state index contributed by atoms with van der Waals surface area (Å²) in [7, 11) is -8.09. The molecule has 224 valence electrons. The van der Waals surface area contributed by atoms with Gasteiger partial charge in [-0.3, -0.25) is 9.13 Å². The number of alkyl halides is 6. The molecule has 0 fully saturated rings. The molecular weight excluding hydrogens is 584 g/mol. The van der Waals surface area contributed by atoms with Gasteiger partial charge in [-0.1, -0.05) is 24.3 Å². The molecule has 0 aliphatic heterocycles. The van der Waals surface area contributed by atoms with Crippen LogP contribution in [0, 0.1) is 0 Å². The van der Waals surface area contributed by atoms with Gasteiger partial charge in [-0.2, -0.15) is 26.3 Å². The van der Waals surface area contributed by atoms with E-state index in [4.69, 9.17) is 18.1 Å². The number of hydrogen-bond acceptors (Lipinski definition) is 6. The van der Waals surface area contributed by atoms with E-state index in [1.54, 1.807) is 0 Å². The smallest absolute Gasteiger partial charge is 0.309 e. The van der Waals surface area contributed by atoms with Crippen LogP contribution < -0.4 is 0 Å². The highest BCUT2D eigenvalue weighted by Gasteiger charge is 2.36. The Morgan fingerprint density at radius 3 is 1.15 bits per heavy atom. The molecule has 0 saturated carbocycles. The van der Waals surface area contributed by atoms with Crippen LogP contribution in [0.4, 0.5) is 26.3 Å². The molecule has 6 nitrogen and oxygen atoms in total. The summed E-state index contributed by atoms with van der Waals surface area (Å²) in [5.74, 6) is 0. The molecule has 0 bridgehead atoms. The molecule has 0 radical (unpaired) electrons. The zero-order chi connectivity index (χ0) is 30.2. The highest BCUT2D eigenvalue weighted by molar-refractivity contribution is 7.55. The van der Waals surface area contributed by atoms with Crippen LogP contribution in [0.5, 0.6) is 0 Å². The molecule has 14 heteroatoms. The highest BCUT2D eigenvalue weighted by atomic mass is 31.2. The highest BCUT2D eigenvalue weighted by Crippen LogP contribution is 2.56. The summed E-state index contributed by atoms with van der Waals surface area (Å²) in [5.41, 5.74) is -2.58. The molecule has 2 rings (SSSR count). The molecule has 0 amide bonds. The fourth-order valence-electron chi connectivity index (χ4n) is 3.92. The van der Waals surface area contributed by atoms with Gasteiger partial charge in [0.25, 0.3) is 0 Å². The maximum Gasteiger partial charge on any atom is 0.416 e. The van der Waals surface area contributed by atoms with Crippen molar-refractivity contribution in [2.24, 2.45) is 0 Å². The largest absolute Gasteiger partial charge is 0.416 e. The lowest BCUT2D eigenvalue weighted by molar-refractivity contribution is -0.138. The number of hydrogen-bond donors (Lipinski definition) is 0. The first-order valence-corrected chi connectivity index (χ1v) is 15.9. The minimum Gasteiger partial charge on any atom is -0.309 e. The van der Waals surface area contributed by atoms with E-state index in [9.17, 15) is 35.5 Å². The quantitative estimate of drug-likeness (QED) is 0.120. The lowest BCUT2D eigenvalue weighted by atomic mass is 9.94. The molecule has 40 heavy (non-hydrogen) atoms. The predicted octanol–water partition coefficient (Wildman–Crippen LogP) is 9.17. The van der Waals surface area contributed by atoms with E-state index >= 15 is 0 Å². The second-order valence-electron chi connectivity index (χ2n) is 8.32. The molecule has 0 aromatic heterocycles. The summed E-state index contributed by atoms with van der Waals surface area (Å²) in [6, 6.07) is 7.98. The minimum absolute atomic E-state index is 0.0809. The SMILES string of the molecule is CCOP(=O)(C/C(=C(\CP(=O)(OCC)OCC)c1cccc(C(F)(F)F)c1)c1cccc(C(F)(F)F)c1)OCC. The summed E-state index contributed by atoms with van der Waals surface area (Å²) in [5, 5.41) is 0. The first-order valence-electron chi connectivity index (χ1n) is 12.4. The molecule has 2 aromatic rings. The zero-order valence-electron chi connectivity index (χ0n) is 22.5. The van der Waals surface area contributed by atoms with Gasteiger partial charge in [-0.25, -0.2) is 0 Å². The minimum atomic E-state index is -4.76. The summed E-state index contributed by atoms with van der Waals surface area (Å²) in [6.45, 7) is 5.81. The van der Waals surface area contributed by atoms with Crippen LogP contribution in [-0.4, -0.2) is 38.8 Å². The standard InChI is InChI=1S/C26H32F6O6P2/c1-5-35-39(33,36-6-2)17-23(19-11-9-13-21(15-19)25(27,28)29)24(18-40(34,37-7-3)38-8-4)20-12-10-14-22(16-20)26(30,31)32/h9-16H,5-8,17-18H2,1-4H3/b24-23-. The topological polar surface area (TPSA) is 71.1 Å². The van der Waals surface area contributed by atoms with E-state index in [-0.39, 0.29) is 48.7 Å². The van der Waals surface area contributed by atoms with Crippen molar-refractivity contribution < 1.29 is 53.6 Å². The number of halogens is 6. The fraction of sp³-hybridized carbons (Fsp3) is 0.462. The Labute approximate surface area is 229 Å². The van der Waals surface area contributed by atoms with Crippen molar-refractivity contribution in [3.8, 4) is 0 Å². The van der Waals surface area contributed by atoms with Gasteiger partial charge in [-0.05, 0) is 74.2 Å². The lowest BCUT2D eigenvalue weighted by Crippen LogP contribution is -2.11. The van der Waals surface area contributed by atoms with E-state index in [1.807, 2.05) is 0 Å². The second-order valence-corrected chi connectivity index (χ2v) is 12.4. The third-order valence-electron chi connectivity index (χ3n) is 5.45. The van der Waals surface area contributed by atoms with Gasteiger partial charge in [0.15, 0.2) is 0 Å². The van der Waals surface area contributed by atoms with Gasteiger partial charge < -0.3 is 18.1 Å². The molecule has 0 N–H and O–H groups in total. The molecular formula is C26H32F6O6P2. The average molecular weight is 616 g/mol. The van der Waals surface area contributed by atoms with Crippen LogP contribution in [0.15, 0.2) is 48.5 Å². The maximum absolute atomic E-state index is 13.7. The number of rotatable bonds is 14. The zero-order valence-corrected chi connectivity index (χ0v) is 24.3. The van der Waals surface area contributed by atoms with Gasteiger partial charge >= 0.3 is 27.5 Å². The summed E-state index contributed by atoms with van der Waals surface area (Å²) in [6.07, 6.45) is -10.8. The van der Waals surface area contributed by atoms with Crippen molar-refractivity contribution in [2.45, 2.75) is 40.0 Å². The molecule has 0 unspecified atom stereocenters. The molecule has 0 atom stereocenters. The Morgan fingerprint density at radius 2 is 0.900 bits per heavy atom. The molecule has 0 spiro atoms. The molecule has 0 heterocycles. The first kappa shape index (κ1) is 34.3.